The van der Waals surface area contributed by atoms with Crippen LogP contribution in [0.4, 0.5) is 5.69 Å². The van der Waals surface area contributed by atoms with Gasteiger partial charge < -0.3 is 14.3 Å². The van der Waals surface area contributed by atoms with Crippen LogP contribution in [0.5, 0.6) is 0 Å². The summed E-state index contributed by atoms with van der Waals surface area (Å²) in [6, 6.07) is 16.1. The molecular formula is C23H24N4O2. The summed E-state index contributed by atoms with van der Waals surface area (Å²) in [7, 11) is 0. The van der Waals surface area contributed by atoms with Crippen LogP contribution < -0.4 is 4.90 Å². The smallest absolute Gasteiger partial charge is 0.254 e. The maximum Gasteiger partial charge on any atom is 0.254 e. The first-order valence-corrected chi connectivity index (χ1v) is 10.2. The maximum absolute atomic E-state index is 12.8. The van der Waals surface area contributed by atoms with E-state index in [2.05, 4.69) is 27.2 Å². The van der Waals surface area contributed by atoms with Gasteiger partial charge in [-0.3, -0.25) is 4.79 Å². The Kier molecular flexibility index (Phi) is 4.54. The van der Waals surface area contributed by atoms with Crippen LogP contribution in [0.2, 0.25) is 0 Å². The number of aromatic nitrogens is 2. The van der Waals surface area contributed by atoms with Crippen molar-refractivity contribution in [3.05, 3.63) is 65.5 Å². The van der Waals surface area contributed by atoms with Gasteiger partial charge in [0, 0.05) is 48.9 Å². The molecule has 6 heteroatoms. The quantitative estimate of drug-likeness (QED) is 0.679. The first-order valence-electron chi connectivity index (χ1n) is 10.2. The van der Waals surface area contributed by atoms with Gasteiger partial charge in [-0.1, -0.05) is 23.4 Å². The van der Waals surface area contributed by atoms with Crippen molar-refractivity contribution in [1.29, 1.82) is 0 Å². The highest BCUT2D eigenvalue weighted by molar-refractivity contribution is 5.95. The fraction of sp³-hybridized carbons (Fsp3) is 0.348. The molecule has 1 saturated heterocycles. The predicted molar refractivity (Wildman–Crippen MR) is 111 cm³/mol. The zero-order valence-corrected chi connectivity index (χ0v) is 16.5. The number of nitrogens with zero attached hydrogens (tertiary/aromatic N) is 4. The molecule has 0 radical (unpaired) electrons. The Bertz CT molecular complexity index is 1020. The summed E-state index contributed by atoms with van der Waals surface area (Å²) in [6.45, 7) is 5.09. The molecule has 2 heterocycles. The summed E-state index contributed by atoms with van der Waals surface area (Å²) in [6.07, 6.45) is 2.30. The highest BCUT2D eigenvalue weighted by Crippen LogP contribution is 2.39. The van der Waals surface area contributed by atoms with Crippen LogP contribution in [-0.2, 0) is 0 Å². The van der Waals surface area contributed by atoms with Crippen LogP contribution in [0.3, 0.4) is 0 Å². The number of aryl methyl sites for hydroxylation is 1. The van der Waals surface area contributed by atoms with Crippen LogP contribution in [0, 0.1) is 6.92 Å². The zero-order chi connectivity index (χ0) is 19.8. The largest absolute Gasteiger partial charge is 0.368 e. The number of hydrogen-bond acceptors (Lipinski definition) is 5. The summed E-state index contributed by atoms with van der Waals surface area (Å²) >= 11 is 0. The normalized spacial score (nSPS) is 16.9. The third-order valence-corrected chi connectivity index (χ3v) is 5.80. The van der Waals surface area contributed by atoms with Crippen molar-refractivity contribution in [3.8, 4) is 11.4 Å². The zero-order valence-electron chi connectivity index (χ0n) is 16.5. The molecule has 2 aliphatic rings. The molecule has 6 nitrogen and oxygen atoms in total. The Morgan fingerprint density at radius 1 is 1.00 bits per heavy atom. The lowest BCUT2D eigenvalue weighted by atomic mass is 10.1. The van der Waals surface area contributed by atoms with Crippen molar-refractivity contribution in [3.63, 3.8) is 0 Å². The van der Waals surface area contributed by atoms with Gasteiger partial charge in [0.15, 0.2) is 0 Å². The molecule has 1 aromatic heterocycles. The molecule has 0 unspecified atom stereocenters. The Morgan fingerprint density at radius 2 is 1.72 bits per heavy atom. The number of carbonyl (C=O) groups is 1. The summed E-state index contributed by atoms with van der Waals surface area (Å²) < 4.78 is 5.36. The van der Waals surface area contributed by atoms with Gasteiger partial charge in [-0.2, -0.15) is 4.98 Å². The SMILES string of the molecule is Cc1ccccc1C(=O)N1CCN(c2ccc(-c3noc(C4CC4)n3)cc2)CC1. The lowest BCUT2D eigenvalue weighted by Gasteiger charge is -2.36. The number of amides is 1. The van der Waals surface area contributed by atoms with E-state index in [0.29, 0.717) is 11.7 Å². The van der Waals surface area contributed by atoms with Crippen molar-refractivity contribution in [2.24, 2.45) is 0 Å². The molecule has 5 rings (SSSR count). The van der Waals surface area contributed by atoms with E-state index in [1.165, 1.54) is 0 Å². The molecule has 2 fully saturated rings. The van der Waals surface area contributed by atoms with Crippen molar-refractivity contribution < 1.29 is 9.32 Å². The average molecular weight is 388 g/mol. The highest BCUT2D eigenvalue weighted by atomic mass is 16.5. The van der Waals surface area contributed by atoms with Crippen LogP contribution in [0.1, 0.15) is 40.6 Å². The molecule has 1 aliphatic carbocycles. The third kappa shape index (κ3) is 3.62. The summed E-state index contributed by atoms with van der Waals surface area (Å²) in [4.78, 5) is 21.6. The van der Waals surface area contributed by atoms with Gasteiger partial charge in [-0.05, 0) is 55.7 Å². The Hall–Kier alpha value is -3.15. The van der Waals surface area contributed by atoms with Crippen molar-refractivity contribution in [2.75, 3.05) is 31.1 Å². The minimum Gasteiger partial charge on any atom is -0.368 e. The molecule has 1 saturated carbocycles. The molecule has 3 aromatic rings. The van der Waals surface area contributed by atoms with E-state index >= 15 is 0 Å². The number of hydrogen-bond donors (Lipinski definition) is 0. The minimum atomic E-state index is 0.127. The minimum absolute atomic E-state index is 0.127. The van der Waals surface area contributed by atoms with Gasteiger partial charge >= 0.3 is 0 Å². The first-order chi connectivity index (χ1) is 14.2. The Morgan fingerprint density at radius 3 is 2.41 bits per heavy atom. The lowest BCUT2D eigenvalue weighted by molar-refractivity contribution is 0.0746. The monoisotopic (exact) mass is 388 g/mol. The lowest BCUT2D eigenvalue weighted by Crippen LogP contribution is -2.48. The number of piperazine rings is 1. The molecular weight excluding hydrogens is 364 g/mol. The van der Waals surface area contributed by atoms with Gasteiger partial charge in [-0.25, -0.2) is 0 Å². The number of anilines is 1. The third-order valence-electron chi connectivity index (χ3n) is 5.80. The fourth-order valence-corrected chi connectivity index (χ4v) is 3.82. The standard InChI is InChI=1S/C23H24N4O2/c1-16-4-2-3-5-20(16)23(28)27-14-12-26(13-15-27)19-10-8-17(9-11-19)21-24-22(29-25-21)18-6-7-18/h2-5,8-11,18H,6-7,12-15H2,1H3. The van der Waals surface area contributed by atoms with Crippen molar-refractivity contribution in [1.82, 2.24) is 15.0 Å². The van der Waals surface area contributed by atoms with Crippen LogP contribution in [-0.4, -0.2) is 47.1 Å². The summed E-state index contributed by atoms with van der Waals surface area (Å²) in [5.41, 5.74) is 3.96. The van der Waals surface area contributed by atoms with E-state index < -0.39 is 0 Å². The van der Waals surface area contributed by atoms with Gasteiger partial charge in [0.2, 0.25) is 11.7 Å². The molecule has 2 aromatic carbocycles. The predicted octanol–water partition coefficient (Wildman–Crippen LogP) is 3.88. The molecule has 1 amide bonds. The van der Waals surface area contributed by atoms with E-state index in [9.17, 15) is 4.79 Å². The van der Waals surface area contributed by atoms with E-state index in [4.69, 9.17) is 4.52 Å². The Balaban J connectivity index is 1.22. The summed E-state index contributed by atoms with van der Waals surface area (Å²) in [5.74, 6) is 2.02. The topological polar surface area (TPSA) is 62.5 Å². The van der Waals surface area contributed by atoms with Crippen molar-refractivity contribution in [2.45, 2.75) is 25.7 Å². The molecule has 148 valence electrons. The summed E-state index contributed by atoms with van der Waals surface area (Å²) in [5, 5.41) is 4.11. The second-order valence-corrected chi connectivity index (χ2v) is 7.87. The highest BCUT2D eigenvalue weighted by Gasteiger charge is 2.30. The second kappa shape index (κ2) is 7.35. The average Bonchev–Trinajstić information content (AvgIpc) is 3.50. The molecule has 0 bridgehead atoms. The Labute approximate surface area is 170 Å². The van der Waals surface area contributed by atoms with Crippen LogP contribution in [0.15, 0.2) is 53.1 Å². The van der Waals surface area contributed by atoms with E-state index in [1.807, 2.05) is 48.2 Å². The molecule has 0 spiro atoms. The van der Waals surface area contributed by atoms with Gasteiger partial charge in [0.1, 0.15) is 0 Å². The molecule has 1 aliphatic heterocycles. The number of benzene rings is 2. The van der Waals surface area contributed by atoms with E-state index in [1.54, 1.807) is 0 Å². The number of carbonyl (C=O) groups excluding carboxylic acids is 1. The van der Waals surface area contributed by atoms with Crippen LogP contribution >= 0.6 is 0 Å². The van der Waals surface area contributed by atoms with E-state index in [-0.39, 0.29) is 5.91 Å². The van der Waals surface area contributed by atoms with Crippen molar-refractivity contribution >= 4 is 11.6 Å². The maximum atomic E-state index is 12.8. The second-order valence-electron chi connectivity index (χ2n) is 7.87. The molecule has 29 heavy (non-hydrogen) atoms. The van der Waals surface area contributed by atoms with Gasteiger partial charge in [-0.15, -0.1) is 0 Å². The first kappa shape index (κ1) is 17.9. The van der Waals surface area contributed by atoms with E-state index in [0.717, 1.165) is 67.3 Å². The fourth-order valence-electron chi connectivity index (χ4n) is 3.82. The van der Waals surface area contributed by atoms with Crippen LogP contribution in [0.25, 0.3) is 11.4 Å². The van der Waals surface area contributed by atoms with Gasteiger partial charge in [0.05, 0.1) is 0 Å². The van der Waals surface area contributed by atoms with Gasteiger partial charge in [0.25, 0.3) is 5.91 Å². The molecule has 0 N–H and O–H groups in total. The molecule has 0 atom stereocenters. The number of rotatable bonds is 4.